The molecule has 0 spiro atoms. The Morgan fingerprint density at radius 1 is 1.17 bits per heavy atom. The molecule has 2 nitrogen and oxygen atoms in total. The molecule has 3 heteroatoms. The lowest BCUT2D eigenvalue weighted by Crippen LogP contribution is -2.30. The van der Waals surface area contributed by atoms with Crippen LogP contribution in [0.4, 0.5) is 0 Å². The predicted octanol–water partition coefficient (Wildman–Crippen LogP) is 4.00. The number of hydrogen-bond acceptors (Lipinski definition) is 1. The number of benzene rings is 1. The van der Waals surface area contributed by atoms with Gasteiger partial charge in [0, 0.05) is 24.2 Å². The van der Waals surface area contributed by atoms with Crippen LogP contribution in [-0.2, 0) is 4.79 Å². The topological polar surface area (TPSA) is 20.3 Å². The van der Waals surface area contributed by atoms with Crippen molar-refractivity contribution in [2.45, 2.75) is 26.7 Å². The van der Waals surface area contributed by atoms with Crippen LogP contribution < -0.4 is 0 Å². The third-order valence-corrected chi connectivity index (χ3v) is 2.84. The van der Waals surface area contributed by atoms with Crippen LogP contribution in [0.1, 0.15) is 32.3 Å². The Morgan fingerprint density at radius 2 is 1.72 bits per heavy atom. The van der Waals surface area contributed by atoms with Crippen LogP contribution in [0.2, 0.25) is 5.02 Å². The Kier molecular flexibility index (Phi) is 6.51. The third-order valence-electron chi connectivity index (χ3n) is 2.59. The molecule has 0 saturated carbocycles. The van der Waals surface area contributed by atoms with Gasteiger partial charge in [0.1, 0.15) is 0 Å². The van der Waals surface area contributed by atoms with Crippen molar-refractivity contribution in [1.29, 1.82) is 0 Å². The molecule has 0 aliphatic heterocycles. The number of carbonyl (C=O) groups excluding carboxylic acids is 1. The van der Waals surface area contributed by atoms with Gasteiger partial charge in [0.25, 0.3) is 0 Å². The van der Waals surface area contributed by atoms with Gasteiger partial charge in [0.2, 0.25) is 5.91 Å². The summed E-state index contributed by atoms with van der Waals surface area (Å²) in [5.41, 5.74) is 0.987. The molecule has 1 aromatic rings. The van der Waals surface area contributed by atoms with Gasteiger partial charge in [-0.2, -0.15) is 0 Å². The maximum atomic E-state index is 12.0. The summed E-state index contributed by atoms with van der Waals surface area (Å²) >= 11 is 5.81. The standard InChI is InChI=1S/C15H20ClNO/c1-3-11-17(12-4-2)15(18)10-7-13-5-8-14(16)9-6-13/h5-10H,3-4,11-12H2,1-2H3. The monoisotopic (exact) mass is 265 g/mol. The van der Waals surface area contributed by atoms with Crippen molar-refractivity contribution in [3.8, 4) is 0 Å². The molecule has 0 radical (unpaired) electrons. The minimum Gasteiger partial charge on any atom is -0.339 e. The van der Waals surface area contributed by atoms with E-state index < -0.39 is 0 Å². The second-order valence-electron chi connectivity index (χ2n) is 4.21. The number of nitrogens with zero attached hydrogens (tertiary/aromatic N) is 1. The third kappa shape index (κ3) is 4.92. The predicted molar refractivity (Wildman–Crippen MR) is 77.6 cm³/mol. The van der Waals surface area contributed by atoms with Crippen LogP contribution in [-0.4, -0.2) is 23.9 Å². The summed E-state index contributed by atoms with van der Waals surface area (Å²) in [5.74, 6) is 0.0775. The maximum absolute atomic E-state index is 12.0. The van der Waals surface area contributed by atoms with Gasteiger partial charge in [-0.15, -0.1) is 0 Å². The Labute approximate surface area is 114 Å². The Balaban J connectivity index is 2.63. The molecule has 1 aromatic carbocycles. The largest absolute Gasteiger partial charge is 0.339 e. The fourth-order valence-electron chi connectivity index (χ4n) is 1.72. The summed E-state index contributed by atoms with van der Waals surface area (Å²) in [6, 6.07) is 7.44. The van der Waals surface area contributed by atoms with E-state index >= 15 is 0 Å². The van der Waals surface area contributed by atoms with Gasteiger partial charge in [-0.1, -0.05) is 37.6 Å². The minimum atomic E-state index is 0.0775. The first-order chi connectivity index (χ1) is 8.67. The van der Waals surface area contributed by atoms with Crippen molar-refractivity contribution < 1.29 is 4.79 Å². The summed E-state index contributed by atoms with van der Waals surface area (Å²) in [4.78, 5) is 13.9. The molecular weight excluding hydrogens is 246 g/mol. The van der Waals surface area contributed by atoms with Crippen LogP contribution >= 0.6 is 11.6 Å². The summed E-state index contributed by atoms with van der Waals surface area (Å²) in [6.45, 7) is 5.80. The first kappa shape index (κ1) is 14.8. The quantitative estimate of drug-likeness (QED) is 0.712. The minimum absolute atomic E-state index is 0.0775. The second-order valence-corrected chi connectivity index (χ2v) is 4.65. The molecule has 1 amide bonds. The van der Waals surface area contributed by atoms with Gasteiger partial charge >= 0.3 is 0 Å². The van der Waals surface area contributed by atoms with Gasteiger partial charge in [-0.3, -0.25) is 4.79 Å². The van der Waals surface area contributed by atoms with Crippen molar-refractivity contribution in [3.63, 3.8) is 0 Å². The first-order valence-electron chi connectivity index (χ1n) is 6.40. The van der Waals surface area contributed by atoms with Crippen LogP contribution in [0.5, 0.6) is 0 Å². The number of halogens is 1. The van der Waals surface area contributed by atoms with E-state index in [0.717, 1.165) is 31.5 Å². The van der Waals surface area contributed by atoms with E-state index in [-0.39, 0.29) is 5.91 Å². The smallest absolute Gasteiger partial charge is 0.246 e. The lowest BCUT2D eigenvalue weighted by Gasteiger charge is -2.19. The molecule has 0 fully saturated rings. The SMILES string of the molecule is CCCN(CCC)C(=O)C=Cc1ccc(Cl)cc1. The summed E-state index contributed by atoms with van der Waals surface area (Å²) in [7, 11) is 0. The molecule has 0 aliphatic rings. The van der Waals surface area contributed by atoms with Crippen LogP contribution in [0.25, 0.3) is 6.08 Å². The molecule has 0 bridgehead atoms. The fraction of sp³-hybridized carbons (Fsp3) is 0.400. The lowest BCUT2D eigenvalue weighted by molar-refractivity contribution is -0.126. The van der Waals surface area contributed by atoms with E-state index in [1.54, 1.807) is 6.08 Å². The van der Waals surface area contributed by atoms with Crippen molar-refractivity contribution in [2.24, 2.45) is 0 Å². The van der Waals surface area contributed by atoms with Crippen molar-refractivity contribution >= 4 is 23.6 Å². The summed E-state index contributed by atoms with van der Waals surface area (Å²) in [6.07, 6.45) is 5.44. The maximum Gasteiger partial charge on any atom is 0.246 e. The average molecular weight is 266 g/mol. The molecule has 0 heterocycles. The number of hydrogen-bond donors (Lipinski definition) is 0. The van der Waals surface area contributed by atoms with Crippen molar-refractivity contribution in [3.05, 3.63) is 40.9 Å². The molecule has 98 valence electrons. The molecule has 0 atom stereocenters. The second kappa shape index (κ2) is 7.93. The van der Waals surface area contributed by atoms with E-state index in [0.29, 0.717) is 5.02 Å². The Morgan fingerprint density at radius 3 is 2.22 bits per heavy atom. The highest BCUT2D eigenvalue weighted by Gasteiger charge is 2.07. The Hall–Kier alpha value is -1.28. The highest BCUT2D eigenvalue weighted by molar-refractivity contribution is 6.30. The zero-order valence-electron chi connectivity index (χ0n) is 11.0. The number of carbonyl (C=O) groups is 1. The van der Waals surface area contributed by atoms with E-state index in [4.69, 9.17) is 11.6 Å². The normalized spacial score (nSPS) is 10.8. The average Bonchev–Trinajstić information content (AvgIpc) is 2.37. The molecule has 0 aromatic heterocycles. The molecule has 18 heavy (non-hydrogen) atoms. The Bertz CT molecular complexity index is 391. The molecular formula is C15H20ClNO. The fourth-order valence-corrected chi connectivity index (χ4v) is 1.84. The van der Waals surface area contributed by atoms with Gasteiger partial charge in [-0.25, -0.2) is 0 Å². The van der Waals surface area contributed by atoms with E-state index in [2.05, 4.69) is 13.8 Å². The number of rotatable bonds is 6. The highest BCUT2D eigenvalue weighted by Crippen LogP contribution is 2.10. The van der Waals surface area contributed by atoms with Crippen LogP contribution in [0, 0.1) is 0 Å². The summed E-state index contributed by atoms with van der Waals surface area (Å²) < 4.78 is 0. The van der Waals surface area contributed by atoms with Gasteiger partial charge in [0.15, 0.2) is 0 Å². The van der Waals surface area contributed by atoms with Crippen LogP contribution in [0.3, 0.4) is 0 Å². The van der Waals surface area contributed by atoms with Gasteiger partial charge in [-0.05, 0) is 36.6 Å². The molecule has 0 saturated heterocycles. The zero-order valence-corrected chi connectivity index (χ0v) is 11.8. The van der Waals surface area contributed by atoms with E-state index in [9.17, 15) is 4.79 Å². The molecule has 1 rings (SSSR count). The lowest BCUT2D eigenvalue weighted by atomic mass is 10.2. The van der Waals surface area contributed by atoms with Crippen molar-refractivity contribution in [1.82, 2.24) is 4.90 Å². The molecule has 0 N–H and O–H groups in total. The van der Waals surface area contributed by atoms with Crippen molar-refractivity contribution in [2.75, 3.05) is 13.1 Å². The number of amides is 1. The van der Waals surface area contributed by atoms with E-state index in [1.807, 2.05) is 35.2 Å². The highest BCUT2D eigenvalue weighted by atomic mass is 35.5. The van der Waals surface area contributed by atoms with Crippen LogP contribution in [0.15, 0.2) is 30.3 Å². The van der Waals surface area contributed by atoms with E-state index in [1.165, 1.54) is 0 Å². The molecule has 0 unspecified atom stereocenters. The summed E-state index contributed by atoms with van der Waals surface area (Å²) in [5, 5.41) is 0.706. The molecule has 0 aliphatic carbocycles. The van der Waals surface area contributed by atoms with Gasteiger partial charge < -0.3 is 4.90 Å². The first-order valence-corrected chi connectivity index (χ1v) is 6.77. The van der Waals surface area contributed by atoms with Gasteiger partial charge in [0.05, 0.1) is 0 Å². The zero-order chi connectivity index (χ0) is 13.4.